The van der Waals surface area contributed by atoms with Crippen LogP contribution in [0.5, 0.6) is 0 Å². The van der Waals surface area contributed by atoms with E-state index in [1.54, 1.807) is 0 Å². The number of aromatic nitrogens is 3. The third kappa shape index (κ3) is 6.96. The van der Waals surface area contributed by atoms with Gasteiger partial charge in [-0.15, -0.1) is 0 Å². The van der Waals surface area contributed by atoms with Crippen molar-refractivity contribution in [2.45, 2.75) is 0 Å². The zero-order valence-electron chi connectivity index (χ0n) is 33.1. The second kappa shape index (κ2) is 15.5. The summed E-state index contributed by atoms with van der Waals surface area (Å²) in [5.41, 5.74) is 15.5. The molecule has 2 aromatic heterocycles. The highest BCUT2D eigenvalue weighted by Gasteiger charge is 2.21. The van der Waals surface area contributed by atoms with Gasteiger partial charge in [-0.05, 0) is 74.3 Å². The molecule has 0 radical (unpaired) electrons. The van der Waals surface area contributed by atoms with Gasteiger partial charge >= 0.3 is 0 Å². The van der Waals surface area contributed by atoms with Crippen molar-refractivity contribution in [1.82, 2.24) is 15.0 Å². The van der Waals surface area contributed by atoms with Crippen molar-refractivity contribution >= 4 is 21.9 Å². The molecular formula is C57H37N3O. The highest BCUT2D eigenvalue weighted by Crippen LogP contribution is 2.43. The highest BCUT2D eigenvalue weighted by atomic mass is 16.3. The predicted molar refractivity (Wildman–Crippen MR) is 251 cm³/mol. The average molecular weight is 780 g/mol. The molecule has 0 saturated heterocycles. The van der Waals surface area contributed by atoms with Crippen molar-refractivity contribution in [2.24, 2.45) is 0 Å². The van der Waals surface area contributed by atoms with Crippen molar-refractivity contribution in [3.05, 3.63) is 224 Å². The Morgan fingerprint density at radius 2 is 0.689 bits per heavy atom. The lowest BCUT2D eigenvalue weighted by molar-refractivity contribution is 0.670. The lowest BCUT2D eigenvalue weighted by atomic mass is 9.93. The predicted octanol–water partition coefficient (Wildman–Crippen LogP) is 15.1. The van der Waals surface area contributed by atoms with Crippen LogP contribution in [0.15, 0.2) is 229 Å². The first-order valence-electron chi connectivity index (χ1n) is 20.5. The van der Waals surface area contributed by atoms with Gasteiger partial charge in [0.1, 0.15) is 11.2 Å². The van der Waals surface area contributed by atoms with Crippen LogP contribution in [0.3, 0.4) is 0 Å². The molecule has 11 rings (SSSR count). The molecular weight excluding hydrogens is 743 g/mol. The topological polar surface area (TPSA) is 51.8 Å². The molecule has 0 atom stereocenters. The first-order chi connectivity index (χ1) is 30.2. The average Bonchev–Trinajstić information content (AvgIpc) is 3.74. The number of furan rings is 1. The van der Waals surface area contributed by atoms with Gasteiger partial charge in [-0.25, -0.2) is 15.0 Å². The van der Waals surface area contributed by atoms with E-state index in [0.29, 0.717) is 17.5 Å². The van der Waals surface area contributed by atoms with Crippen LogP contribution >= 0.6 is 0 Å². The molecule has 9 aromatic carbocycles. The monoisotopic (exact) mass is 779 g/mol. The molecule has 0 aliphatic carbocycles. The lowest BCUT2D eigenvalue weighted by Crippen LogP contribution is -2.00. The van der Waals surface area contributed by atoms with Crippen molar-refractivity contribution in [1.29, 1.82) is 0 Å². The summed E-state index contributed by atoms with van der Waals surface area (Å²) in [6.45, 7) is 0. The fraction of sp³-hybridized carbons (Fsp3) is 0. The summed E-state index contributed by atoms with van der Waals surface area (Å²) in [6.07, 6.45) is 0. The molecule has 0 N–H and O–H groups in total. The molecule has 0 unspecified atom stereocenters. The van der Waals surface area contributed by atoms with Gasteiger partial charge in [0.15, 0.2) is 17.5 Å². The van der Waals surface area contributed by atoms with Gasteiger partial charge in [0.2, 0.25) is 0 Å². The van der Waals surface area contributed by atoms with Gasteiger partial charge in [-0.2, -0.15) is 0 Å². The van der Waals surface area contributed by atoms with E-state index in [0.717, 1.165) is 77.6 Å². The van der Waals surface area contributed by atoms with Crippen LogP contribution in [0, 0.1) is 0 Å². The molecule has 4 heteroatoms. The molecule has 0 aliphatic heterocycles. The van der Waals surface area contributed by atoms with E-state index in [4.69, 9.17) is 19.4 Å². The summed E-state index contributed by atoms with van der Waals surface area (Å²) in [5.74, 6) is 1.78. The van der Waals surface area contributed by atoms with E-state index < -0.39 is 0 Å². The Morgan fingerprint density at radius 3 is 1.28 bits per heavy atom. The maximum atomic E-state index is 6.91. The van der Waals surface area contributed by atoms with E-state index >= 15 is 0 Å². The molecule has 4 nitrogen and oxygen atoms in total. The summed E-state index contributed by atoms with van der Waals surface area (Å²) < 4.78 is 6.91. The normalized spacial score (nSPS) is 11.3. The second-order valence-electron chi connectivity index (χ2n) is 15.2. The van der Waals surface area contributed by atoms with Gasteiger partial charge < -0.3 is 4.42 Å². The summed E-state index contributed by atoms with van der Waals surface area (Å²) in [5, 5.41) is 1.95. The second-order valence-corrected chi connectivity index (χ2v) is 15.2. The minimum atomic E-state index is 0.577. The summed E-state index contributed by atoms with van der Waals surface area (Å²) in [4.78, 5) is 15.5. The van der Waals surface area contributed by atoms with E-state index in [1.165, 1.54) is 16.7 Å². The standard InChI is InChI=1S/C57H37N3O/c1-5-15-38(16-6-1)41-27-29-43(30-28-41)48-36-50(44-33-31-42(32-34-44)39-17-7-2-8-18-39)54-51(37-48)53-49(25-14-26-52(53)61-54)57-59-55(45-21-11-4-12-22-45)58-56(60-57)47-24-13-23-46(35-47)40-19-9-3-10-20-40/h1-37H. The van der Waals surface area contributed by atoms with Crippen LogP contribution in [-0.4, -0.2) is 15.0 Å². The number of hydrogen-bond donors (Lipinski definition) is 0. The fourth-order valence-electron chi connectivity index (χ4n) is 8.26. The molecule has 0 spiro atoms. The minimum absolute atomic E-state index is 0.577. The van der Waals surface area contributed by atoms with Crippen molar-refractivity contribution in [2.75, 3.05) is 0 Å². The van der Waals surface area contributed by atoms with Crippen LogP contribution in [0.2, 0.25) is 0 Å². The van der Waals surface area contributed by atoms with Crippen molar-refractivity contribution in [3.63, 3.8) is 0 Å². The molecule has 0 aliphatic rings. The Hall–Kier alpha value is -8.21. The van der Waals surface area contributed by atoms with Crippen LogP contribution in [0.25, 0.3) is 112 Å². The van der Waals surface area contributed by atoms with E-state index in [-0.39, 0.29) is 0 Å². The molecule has 0 bridgehead atoms. The van der Waals surface area contributed by atoms with Crippen LogP contribution in [-0.2, 0) is 0 Å². The summed E-state index contributed by atoms with van der Waals surface area (Å²) in [6, 6.07) is 78.2. The number of hydrogen-bond acceptors (Lipinski definition) is 4. The van der Waals surface area contributed by atoms with Crippen LogP contribution < -0.4 is 0 Å². The van der Waals surface area contributed by atoms with Gasteiger partial charge in [-0.1, -0.05) is 200 Å². The SMILES string of the molecule is c1ccc(-c2ccc(-c3cc(-c4ccc(-c5ccccc5)cc4)c4oc5cccc(-c6nc(-c7ccccc7)nc(-c7cccc(-c8ccccc8)c7)n6)c5c4c3)cc2)cc1. The number of rotatable bonds is 8. The van der Waals surface area contributed by atoms with Gasteiger partial charge in [0.25, 0.3) is 0 Å². The number of benzene rings is 9. The minimum Gasteiger partial charge on any atom is -0.455 e. The van der Waals surface area contributed by atoms with Crippen molar-refractivity contribution in [3.8, 4) is 89.8 Å². The quantitative estimate of drug-likeness (QED) is 0.154. The summed E-state index contributed by atoms with van der Waals surface area (Å²) in [7, 11) is 0. The zero-order valence-corrected chi connectivity index (χ0v) is 33.1. The van der Waals surface area contributed by atoms with Crippen LogP contribution in [0.1, 0.15) is 0 Å². The van der Waals surface area contributed by atoms with Crippen molar-refractivity contribution < 1.29 is 4.42 Å². The molecule has 11 aromatic rings. The van der Waals surface area contributed by atoms with Gasteiger partial charge in [0, 0.05) is 33.0 Å². The molecule has 61 heavy (non-hydrogen) atoms. The number of nitrogens with zero attached hydrogens (tertiary/aromatic N) is 3. The molecule has 0 amide bonds. The Kier molecular flexibility index (Phi) is 9.14. The molecule has 0 saturated carbocycles. The Bertz CT molecular complexity index is 3310. The first kappa shape index (κ1) is 35.9. The first-order valence-corrected chi connectivity index (χ1v) is 20.5. The third-order valence-electron chi connectivity index (χ3n) is 11.4. The molecule has 2 heterocycles. The highest BCUT2D eigenvalue weighted by molar-refractivity contribution is 6.16. The Balaban J connectivity index is 1.12. The van der Waals surface area contributed by atoms with E-state index in [1.807, 2.05) is 60.7 Å². The zero-order chi connectivity index (χ0) is 40.5. The maximum Gasteiger partial charge on any atom is 0.164 e. The van der Waals surface area contributed by atoms with Gasteiger partial charge in [0.05, 0.1) is 0 Å². The Morgan fingerprint density at radius 1 is 0.262 bits per heavy atom. The largest absolute Gasteiger partial charge is 0.455 e. The summed E-state index contributed by atoms with van der Waals surface area (Å²) >= 11 is 0. The smallest absolute Gasteiger partial charge is 0.164 e. The number of fused-ring (bicyclic) bond motifs is 3. The third-order valence-corrected chi connectivity index (χ3v) is 11.4. The Labute approximate surface area is 354 Å². The fourth-order valence-corrected chi connectivity index (χ4v) is 8.26. The molecule has 286 valence electrons. The lowest BCUT2D eigenvalue weighted by Gasteiger charge is -2.11. The van der Waals surface area contributed by atoms with E-state index in [9.17, 15) is 0 Å². The maximum absolute atomic E-state index is 6.91. The van der Waals surface area contributed by atoms with Crippen LogP contribution in [0.4, 0.5) is 0 Å². The van der Waals surface area contributed by atoms with E-state index in [2.05, 4.69) is 164 Å². The van der Waals surface area contributed by atoms with Gasteiger partial charge in [-0.3, -0.25) is 0 Å². The molecule has 0 fully saturated rings.